The number of methoxy groups -OCH3 is 2. The minimum atomic E-state index is -0.657. The van der Waals surface area contributed by atoms with Crippen LogP contribution in [0.15, 0.2) is 24.3 Å². The van der Waals surface area contributed by atoms with Gasteiger partial charge in [-0.2, -0.15) is 0 Å². The molecule has 2 amide bonds. The van der Waals surface area contributed by atoms with E-state index in [1.807, 2.05) is 29.2 Å². The molecule has 1 aromatic carbocycles. The van der Waals surface area contributed by atoms with Crippen LogP contribution < -0.4 is 15.8 Å². The fraction of sp³-hybridized carbons (Fsp3) is 0.556. The molecule has 1 unspecified atom stereocenters. The molecule has 1 fully saturated rings. The molecule has 26 heavy (non-hydrogen) atoms. The third-order valence-electron chi connectivity index (χ3n) is 4.41. The molecule has 3 N–H and O–H groups in total. The maximum absolute atomic E-state index is 12.5. The highest BCUT2D eigenvalue weighted by Crippen LogP contribution is 2.19. The number of halogens is 1. The largest absolute Gasteiger partial charge is 0.496 e. The van der Waals surface area contributed by atoms with Crippen molar-refractivity contribution in [3.8, 4) is 5.75 Å². The molecule has 1 atom stereocenters. The Morgan fingerprint density at radius 2 is 1.92 bits per heavy atom. The average molecular weight is 386 g/mol. The molecule has 1 aromatic rings. The average Bonchev–Trinajstić information content (AvgIpc) is 2.63. The zero-order valence-corrected chi connectivity index (χ0v) is 16.1. The minimum Gasteiger partial charge on any atom is -0.496 e. The van der Waals surface area contributed by atoms with Gasteiger partial charge < -0.3 is 25.4 Å². The molecular weight excluding hydrogens is 358 g/mol. The van der Waals surface area contributed by atoms with Gasteiger partial charge in [-0.3, -0.25) is 9.59 Å². The van der Waals surface area contributed by atoms with Gasteiger partial charge in [0, 0.05) is 31.8 Å². The van der Waals surface area contributed by atoms with Crippen molar-refractivity contribution in [2.75, 3.05) is 33.9 Å². The van der Waals surface area contributed by atoms with E-state index in [9.17, 15) is 9.59 Å². The molecule has 7 nitrogen and oxygen atoms in total. The lowest BCUT2D eigenvalue weighted by Crippen LogP contribution is -2.51. The number of carbonyl (C=O) groups is 2. The summed E-state index contributed by atoms with van der Waals surface area (Å²) >= 11 is 0. The zero-order valence-electron chi connectivity index (χ0n) is 15.3. The maximum Gasteiger partial charge on any atom is 0.239 e. The van der Waals surface area contributed by atoms with E-state index in [0.29, 0.717) is 19.5 Å². The quantitative estimate of drug-likeness (QED) is 0.722. The molecule has 0 saturated carbocycles. The number of para-hydroxylation sites is 1. The van der Waals surface area contributed by atoms with Gasteiger partial charge in [-0.05, 0) is 18.9 Å². The van der Waals surface area contributed by atoms with Crippen LogP contribution in [0.25, 0.3) is 0 Å². The Labute approximate surface area is 160 Å². The fourth-order valence-corrected chi connectivity index (χ4v) is 2.96. The number of piperidine rings is 1. The third-order valence-corrected chi connectivity index (χ3v) is 4.41. The first-order valence-corrected chi connectivity index (χ1v) is 8.49. The van der Waals surface area contributed by atoms with Gasteiger partial charge in [0.15, 0.2) is 0 Å². The lowest BCUT2D eigenvalue weighted by atomic mass is 10.0. The van der Waals surface area contributed by atoms with Gasteiger partial charge in [0.2, 0.25) is 11.8 Å². The van der Waals surface area contributed by atoms with E-state index in [-0.39, 0.29) is 36.9 Å². The highest BCUT2D eigenvalue weighted by Gasteiger charge is 2.25. The van der Waals surface area contributed by atoms with Crippen LogP contribution in [-0.2, 0) is 20.7 Å². The van der Waals surface area contributed by atoms with Crippen molar-refractivity contribution in [3.63, 3.8) is 0 Å². The maximum atomic E-state index is 12.5. The molecule has 0 aromatic heterocycles. The van der Waals surface area contributed by atoms with Crippen molar-refractivity contribution in [2.24, 2.45) is 5.73 Å². The van der Waals surface area contributed by atoms with Gasteiger partial charge in [0.05, 0.1) is 20.1 Å². The van der Waals surface area contributed by atoms with E-state index in [0.717, 1.165) is 24.2 Å². The molecule has 0 radical (unpaired) electrons. The number of hydrogen-bond acceptors (Lipinski definition) is 5. The van der Waals surface area contributed by atoms with E-state index >= 15 is 0 Å². The molecule has 1 aliphatic heterocycles. The second-order valence-electron chi connectivity index (χ2n) is 6.21. The van der Waals surface area contributed by atoms with Gasteiger partial charge in [-0.15, -0.1) is 12.4 Å². The van der Waals surface area contributed by atoms with Gasteiger partial charge in [-0.1, -0.05) is 18.2 Å². The van der Waals surface area contributed by atoms with Gasteiger partial charge in [-0.25, -0.2) is 0 Å². The van der Waals surface area contributed by atoms with Crippen molar-refractivity contribution in [1.82, 2.24) is 10.2 Å². The summed E-state index contributed by atoms with van der Waals surface area (Å²) < 4.78 is 10.2. The minimum absolute atomic E-state index is 0. The Hall–Kier alpha value is -1.83. The molecule has 1 aliphatic rings. The van der Waals surface area contributed by atoms with Crippen LogP contribution in [-0.4, -0.2) is 62.7 Å². The van der Waals surface area contributed by atoms with Crippen LogP contribution in [0.4, 0.5) is 0 Å². The molecule has 0 spiro atoms. The van der Waals surface area contributed by atoms with E-state index in [1.54, 1.807) is 7.11 Å². The van der Waals surface area contributed by atoms with Crippen molar-refractivity contribution < 1.29 is 19.1 Å². The highest BCUT2D eigenvalue weighted by molar-refractivity contribution is 5.85. The molecule has 0 bridgehead atoms. The number of amides is 2. The Morgan fingerprint density at radius 3 is 2.54 bits per heavy atom. The summed E-state index contributed by atoms with van der Waals surface area (Å²) in [5.74, 6) is 0.594. The first-order chi connectivity index (χ1) is 12.0. The molecule has 1 saturated heterocycles. The van der Waals surface area contributed by atoms with E-state index < -0.39 is 6.04 Å². The summed E-state index contributed by atoms with van der Waals surface area (Å²) in [5.41, 5.74) is 6.61. The molecule has 0 aliphatic carbocycles. The normalized spacial score (nSPS) is 15.7. The molecular formula is C18H28ClN3O4. The molecule has 8 heteroatoms. The monoisotopic (exact) mass is 385 g/mol. The number of nitrogens with one attached hydrogen (secondary N) is 1. The van der Waals surface area contributed by atoms with E-state index in [2.05, 4.69) is 5.32 Å². The third kappa shape index (κ3) is 6.16. The SMILES string of the molecule is COCC(N)C(=O)NC1CCN(C(=O)Cc2ccccc2OC)CC1.Cl. The van der Waals surface area contributed by atoms with Gasteiger partial charge >= 0.3 is 0 Å². The Bertz CT molecular complexity index is 592. The Morgan fingerprint density at radius 1 is 1.27 bits per heavy atom. The first-order valence-electron chi connectivity index (χ1n) is 8.49. The predicted octanol–water partition coefficient (Wildman–Crippen LogP) is 0.740. The van der Waals surface area contributed by atoms with Crippen LogP contribution in [0.2, 0.25) is 0 Å². The number of nitrogens with zero attached hydrogens (tertiary/aromatic N) is 1. The summed E-state index contributed by atoms with van der Waals surface area (Å²) in [6.07, 6.45) is 1.77. The summed E-state index contributed by atoms with van der Waals surface area (Å²) in [7, 11) is 3.12. The number of rotatable bonds is 7. The van der Waals surface area contributed by atoms with Crippen LogP contribution in [0.5, 0.6) is 5.75 Å². The van der Waals surface area contributed by atoms with E-state index in [4.69, 9.17) is 15.2 Å². The Kier molecular flexibility index (Phi) is 9.40. The number of nitrogens with two attached hydrogens (primary N) is 1. The first kappa shape index (κ1) is 22.2. The van der Waals surface area contributed by atoms with Crippen LogP contribution in [0.1, 0.15) is 18.4 Å². The summed E-state index contributed by atoms with van der Waals surface area (Å²) in [6.45, 7) is 1.44. The van der Waals surface area contributed by atoms with Crippen LogP contribution in [0, 0.1) is 0 Å². The highest BCUT2D eigenvalue weighted by atomic mass is 35.5. The molecule has 2 rings (SSSR count). The van der Waals surface area contributed by atoms with Crippen molar-refractivity contribution in [3.05, 3.63) is 29.8 Å². The van der Waals surface area contributed by atoms with Crippen LogP contribution >= 0.6 is 12.4 Å². The standard InChI is InChI=1S/C18H27N3O4.ClH/c1-24-12-15(19)18(23)20-14-7-9-21(10-8-14)17(22)11-13-5-3-4-6-16(13)25-2;/h3-6,14-15H,7-12,19H2,1-2H3,(H,20,23);1H. The molecule has 146 valence electrons. The van der Waals surface area contributed by atoms with Crippen molar-refractivity contribution in [1.29, 1.82) is 0 Å². The zero-order chi connectivity index (χ0) is 18.2. The Balaban J connectivity index is 0.00000338. The van der Waals surface area contributed by atoms with E-state index in [1.165, 1.54) is 7.11 Å². The van der Waals surface area contributed by atoms with Gasteiger partial charge in [0.25, 0.3) is 0 Å². The molecule has 1 heterocycles. The lowest BCUT2D eigenvalue weighted by molar-refractivity contribution is -0.131. The second-order valence-corrected chi connectivity index (χ2v) is 6.21. The van der Waals surface area contributed by atoms with Gasteiger partial charge in [0.1, 0.15) is 11.8 Å². The smallest absolute Gasteiger partial charge is 0.239 e. The second kappa shape index (κ2) is 11.0. The van der Waals surface area contributed by atoms with Crippen molar-refractivity contribution >= 4 is 24.2 Å². The number of hydrogen-bond donors (Lipinski definition) is 2. The topological polar surface area (TPSA) is 93.9 Å². The van der Waals surface area contributed by atoms with Crippen LogP contribution in [0.3, 0.4) is 0 Å². The number of ether oxygens (including phenoxy) is 2. The van der Waals surface area contributed by atoms with Crippen molar-refractivity contribution in [2.45, 2.75) is 31.3 Å². The lowest BCUT2D eigenvalue weighted by Gasteiger charge is -2.33. The number of likely N-dealkylation sites (tertiary alicyclic amines) is 1. The number of carbonyl (C=O) groups excluding carboxylic acids is 2. The summed E-state index contributed by atoms with van der Waals surface area (Å²) in [4.78, 5) is 26.3. The number of benzene rings is 1. The summed E-state index contributed by atoms with van der Waals surface area (Å²) in [6, 6.07) is 6.93. The predicted molar refractivity (Wildman–Crippen MR) is 102 cm³/mol. The summed E-state index contributed by atoms with van der Waals surface area (Å²) in [5, 5.41) is 2.93. The fourth-order valence-electron chi connectivity index (χ4n) is 2.96.